The van der Waals surface area contributed by atoms with Crippen LogP contribution in [0, 0.1) is 12.7 Å². The molecule has 0 aliphatic carbocycles. The molecule has 0 saturated heterocycles. The zero-order chi connectivity index (χ0) is 14.5. The third-order valence-electron chi connectivity index (χ3n) is 3.32. The van der Waals surface area contributed by atoms with Gasteiger partial charge in [0, 0.05) is 6.07 Å². The van der Waals surface area contributed by atoms with Gasteiger partial charge in [0.2, 0.25) is 0 Å². The van der Waals surface area contributed by atoms with Crippen LogP contribution in [-0.2, 0) is 0 Å². The second kappa shape index (κ2) is 6.53. The Morgan fingerprint density at radius 3 is 2.50 bits per heavy atom. The Labute approximate surface area is 118 Å². The molecule has 0 aromatic heterocycles. The van der Waals surface area contributed by atoms with Crippen LogP contribution in [0.1, 0.15) is 30.6 Å². The van der Waals surface area contributed by atoms with E-state index in [1.807, 2.05) is 44.2 Å². The summed E-state index contributed by atoms with van der Waals surface area (Å²) in [5.74, 6) is 0.140. The van der Waals surface area contributed by atoms with Crippen LogP contribution < -0.4 is 4.74 Å². The lowest BCUT2D eigenvalue weighted by molar-refractivity contribution is 0.0326. The normalized spacial score (nSPS) is 13.8. The van der Waals surface area contributed by atoms with Crippen molar-refractivity contribution in [1.29, 1.82) is 0 Å². The summed E-state index contributed by atoms with van der Waals surface area (Å²) in [6.45, 7) is 3.79. The monoisotopic (exact) mass is 274 g/mol. The largest absolute Gasteiger partial charge is 0.487 e. The molecule has 0 spiro atoms. The van der Waals surface area contributed by atoms with Gasteiger partial charge in [-0.15, -0.1) is 0 Å². The van der Waals surface area contributed by atoms with E-state index >= 15 is 0 Å². The zero-order valence-corrected chi connectivity index (χ0v) is 11.7. The van der Waals surface area contributed by atoms with E-state index in [4.69, 9.17) is 4.74 Å². The average Bonchev–Trinajstić information content (AvgIpc) is 2.48. The van der Waals surface area contributed by atoms with Crippen LogP contribution in [0.25, 0.3) is 0 Å². The van der Waals surface area contributed by atoms with Gasteiger partial charge in [0.15, 0.2) is 0 Å². The van der Waals surface area contributed by atoms with Crippen LogP contribution in [0.2, 0.25) is 0 Å². The van der Waals surface area contributed by atoms with E-state index in [0.29, 0.717) is 12.2 Å². The van der Waals surface area contributed by atoms with Gasteiger partial charge in [-0.25, -0.2) is 4.39 Å². The number of benzene rings is 2. The second-order valence-corrected chi connectivity index (χ2v) is 4.83. The highest BCUT2D eigenvalue weighted by Gasteiger charge is 2.21. The quantitative estimate of drug-likeness (QED) is 0.892. The maximum atomic E-state index is 13.3. The Hall–Kier alpha value is -1.87. The van der Waals surface area contributed by atoms with Crippen molar-refractivity contribution in [3.8, 4) is 5.75 Å². The third-order valence-corrected chi connectivity index (χ3v) is 3.32. The van der Waals surface area contributed by atoms with E-state index in [1.54, 1.807) is 6.07 Å². The maximum absolute atomic E-state index is 13.3. The predicted molar refractivity (Wildman–Crippen MR) is 77.2 cm³/mol. The van der Waals surface area contributed by atoms with Crippen LogP contribution >= 0.6 is 0 Å². The van der Waals surface area contributed by atoms with E-state index in [0.717, 1.165) is 11.1 Å². The maximum Gasteiger partial charge on any atom is 0.128 e. The summed E-state index contributed by atoms with van der Waals surface area (Å²) in [5.41, 5.74) is 1.65. The van der Waals surface area contributed by atoms with E-state index in [9.17, 15) is 9.50 Å². The molecule has 2 aromatic rings. The number of ether oxygens (including phenoxy) is 1. The molecule has 0 aliphatic rings. The lowest BCUT2D eigenvalue weighted by Gasteiger charge is -2.24. The minimum Gasteiger partial charge on any atom is -0.487 e. The first-order valence-electron chi connectivity index (χ1n) is 6.77. The molecule has 2 nitrogen and oxygen atoms in total. The Morgan fingerprint density at radius 1 is 1.15 bits per heavy atom. The van der Waals surface area contributed by atoms with E-state index in [2.05, 4.69) is 0 Å². The summed E-state index contributed by atoms with van der Waals surface area (Å²) in [4.78, 5) is 0. The number of aryl methyl sites for hydroxylation is 1. The van der Waals surface area contributed by atoms with Crippen molar-refractivity contribution in [1.82, 2.24) is 0 Å². The Morgan fingerprint density at radius 2 is 1.85 bits per heavy atom. The predicted octanol–water partition coefficient (Wildman–Crippen LogP) is 4.03. The van der Waals surface area contributed by atoms with E-state index in [-0.39, 0.29) is 5.82 Å². The molecule has 20 heavy (non-hydrogen) atoms. The lowest BCUT2D eigenvalue weighted by atomic mass is 10.0. The fourth-order valence-corrected chi connectivity index (χ4v) is 2.10. The van der Waals surface area contributed by atoms with Crippen LogP contribution in [0.15, 0.2) is 48.5 Å². The highest BCUT2D eigenvalue weighted by atomic mass is 19.1. The minimum absolute atomic E-state index is 0.338. The molecule has 0 radical (unpaired) electrons. The highest BCUT2D eigenvalue weighted by Crippen LogP contribution is 2.26. The van der Waals surface area contributed by atoms with Gasteiger partial charge in [-0.1, -0.05) is 43.3 Å². The lowest BCUT2D eigenvalue weighted by Crippen LogP contribution is -2.25. The summed E-state index contributed by atoms with van der Waals surface area (Å²) >= 11 is 0. The van der Waals surface area contributed by atoms with Crippen molar-refractivity contribution in [2.24, 2.45) is 0 Å². The van der Waals surface area contributed by atoms with Crippen LogP contribution in [-0.4, -0.2) is 11.2 Å². The Kier molecular flexibility index (Phi) is 4.74. The fraction of sp³-hybridized carbons (Fsp3) is 0.294. The van der Waals surface area contributed by atoms with Gasteiger partial charge >= 0.3 is 0 Å². The van der Waals surface area contributed by atoms with Gasteiger partial charge in [0.05, 0.1) is 0 Å². The number of aliphatic hydroxyl groups is 1. The summed E-state index contributed by atoms with van der Waals surface area (Å²) < 4.78 is 19.1. The summed E-state index contributed by atoms with van der Waals surface area (Å²) in [6, 6.07) is 13.8. The van der Waals surface area contributed by atoms with Crippen molar-refractivity contribution in [2.45, 2.75) is 32.5 Å². The molecule has 0 saturated carbocycles. The van der Waals surface area contributed by atoms with Crippen molar-refractivity contribution in [2.75, 3.05) is 0 Å². The minimum atomic E-state index is -0.733. The molecule has 0 aliphatic heterocycles. The third kappa shape index (κ3) is 3.36. The van der Waals surface area contributed by atoms with Crippen LogP contribution in [0.5, 0.6) is 5.75 Å². The highest BCUT2D eigenvalue weighted by molar-refractivity contribution is 5.33. The molecule has 0 fully saturated rings. The fourth-order valence-electron chi connectivity index (χ4n) is 2.10. The van der Waals surface area contributed by atoms with Gasteiger partial charge in [-0.3, -0.25) is 0 Å². The molecule has 106 valence electrons. The first kappa shape index (κ1) is 14.5. The zero-order valence-electron chi connectivity index (χ0n) is 11.7. The van der Waals surface area contributed by atoms with Gasteiger partial charge < -0.3 is 9.84 Å². The topological polar surface area (TPSA) is 29.5 Å². The van der Waals surface area contributed by atoms with Crippen LogP contribution in [0.3, 0.4) is 0 Å². The van der Waals surface area contributed by atoms with Crippen molar-refractivity contribution < 1.29 is 14.2 Å². The Bertz CT molecular complexity index is 554. The smallest absolute Gasteiger partial charge is 0.128 e. The molecule has 0 bridgehead atoms. The molecular formula is C17H19FO2. The number of aliphatic hydroxyl groups excluding tert-OH is 1. The van der Waals surface area contributed by atoms with Gasteiger partial charge in [0.1, 0.15) is 23.8 Å². The molecular weight excluding hydrogens is 255 g/mol. The van der Waals surface area contributed by atoms with Crippen molar-refractivity contribution in [3.05, 3.63) is 65.5 Å². The number of hydrogen-bond acceptors (Lipinski definition) is 2. The van der Waals surface area contributed by atoms with Crippen molar-refractivity contribution in [3.63, 3.8) is 0 Å². The molecule has 0 heterocycles. The standard InChI is InChI=1S/C17H19FO2/c1-3-15(17(19)13-7-5-4-6-8-13)20-16-11-14(18)10-9-12(16)2/h4-11,15,17,19H,3H2,1-2H3. The van der Waals surface area contributed by atoms with Gasteiger partial charge in [-0.05, 0) is 30.5 Å². The molecule has 2 atom stereocenters. The number of hydrogen-bond donors (Lipinski definition) is 1. The Balaban J connectivity index is 2.18. The van der Waals surface area contributed by atoms with Crippen LogP contribution in [0.4, 0.5) is 4.39 Å². The molecule has 0 amide bonds. The molecule has 3 heteroatoms. The summed E-state index contributed by atoms with van der Waals surface area (Å²) in [7, 11) is 0. The number of halogens is 1. The summed E-state index contributed by atoms with van der Waals surface area (Å²) in [6.07, 6.45) is -0.506. The first-order chi connectivity index (χ1) is 9.61. The van der Waals surface area contributed by atoms with Crippen molar-refractivity contribution >= 4 is 0 Å². The molecule has 2 unspecified atom stereocenters. The summed E-state index contributed by atoms with van der Waals surface area (Å²) in [5, 5.41) is 10.4. The first-order valence-corrected chi connectivity index (χ1v) is 6.77. The molecule has 1 N–H and O–H groups in total. The number of rotatable bonds is 5. The average molecular weight is 274 g/mol. The SMILES string of the molecule is CCC(Oc1cc(F)ccc1C)C(O)c1ccccc1. The second-order valence-electron chi connectivity index (χ2n) is 4.83. The molecule has 2 rings (SSSR count). The van der Waals surface area contributed by atoms with Gasteiger partial charge in [0.25, 0.3) is 0 Å². The molecule has 2 aromatic carbocycles. The van der Waals surface area contributed by atoms with E-state index in [1.165, 1.54) is 12.1 Å². The van der Waals surface area contributed by atoms with Gasteiger partial charge in [-0.2, -0.15) is 0 Å². The van der Waals surface area contributed by atoms with E-state index < -0.39 is 12.2 Å².